The molecule has 0 unspecified atom stereocenters. The van der Waals surface area contributed by atoms with E-state index in [1.807, 2.05) is 13.8 Å². The second kappa shape index (κ2) is 10.2. The van der Waals surface area contributed by atoms with Crippen molar-refractivity contribution in [2.24, 2.45) is 7.05 Å². The summed E-state index contributed by atoms with van der Waals surface area (Å²) in [4.78, 5) is 59.1. The van der Waals surface area contributed by atoms with Crippen LogP contribution in [0.5, 0.6) is 0 Å². The van der Waals surface area contributed by atoms with Crippen LogP contribution in [0.4, 0.5) is 11.5 Å². The van der Waals surface area contributed by atoms with Crippen LogP contribution in [0.15, 0.2) is 31.0 Å². The highest BCUT2D eigenvalue weighted by molar-refractivity contribution is 7.99. The van der Waals surface area contributed by atoms with Crippen molar-refractivity contribution in [3.63, 3.8) is 0 Å². The molecule has 3 N–H and O–H groups in total. The molecule has 0 aromatic carbocycles. The van der Waals surface area contributed by atoms with Crippen molar-refractivity contribution in [2.75, 3.05) is 22.9 Å². The molecule has 12 heteroatoms. The summed E-state index contributed by atoms with van der Waals surface area (Å²) >= 11 is 2.48. The van der Waals surface area contributed by atoms with E-state index in [2.05, 4.69) is 9.97 Å². The fourth-order valence-corrected chi connectivity index (χ4v) is 4.93. The van der Waals surface area contributed by atoms with Gasteiger partial charge in [0.25, 0.3) is 11.1 Å². The van der Waals surface area contributed by atoms with E-state index in [-0.39, 0.29) is 35.3 Å². The second-order valence-electron chi connectivity index (χ2n) is 7.23. The Morgan fingerprint density at radius 3 is 2.72 bits per heavy atom. The highest BCUT2D eigenvalue weighted by Gasteiger charge is 2.24. The van der Waals surface area contributed by atoms with Crippen molar-refractivity contribution >= 4 is 50.7 Å². The number of carbonyl (C=O) groups is 1. The van der Waals surface area contributed by atoms with Crippen LogP contribution in [0, 0.1) is 0 Å². The smallest absolute Gasteiger partial charge is 0.330 e. The lowest BCUT2D eigenvalue weighted by Crippen LogP contribution is -2.42. The number of aromatic nitrogens is 4. The fourth-order valence-electron chi connectivity index (χ4n) is 3.27. The first-order chi connectivity index (χ1) is 15.3. The van der Waals surface area contributed by atoms with Crippen LogP contribution < -0.4 is 27.4 Å². The highest BCUT2D eigenvalue weighted by Crippen LogP contribution is 2.23. The minimum Gasteiger partial charge on any atom is -0.383 e. The maximum absolute atomic E-state index is 13.2. The molecule has 0 aliphatic carbocycles. The predicted molar refractivity (Wildman–Crippen MR) is 129 cm³/mol. The molecule has 0 spiro atoms. The van der Waals surface area contributed by atoms with Gasteiger partial charge in [0.05, 0.1) is 11.1 Å². The fraction of sp³-hybridized carbons (Fsp3) is 0.450. The van der Waals surface area contributed by atoms with Crippen molar-refractivity contribution in [1.82, 2.24) is 19.1 Å². The zero-order valence-corrected chi connectivity index (χ0v) is 19.8. The Hall–Kier alpha value is -2.86. The first-order valence-corrected chi connectivity index (χ1v) is 12.2. The van der Waals surface area contributed by atoms with Gasteiger partial charge >= 0.3 is 5.69 Å². The predicted octanol–water partition coefficient (Wildman–Crippen LogP) is 1.76. The number of anilines is 2. The van der Waals surface area contributed by atoms with Crippen LogP contribution in [0.25, 0.3) is 10.2 Å². The number of fused-ring (bicyclic) bond motifs is 1. The molecule has 10 nitrogen and oxygen atoms in total. The van der Waals surface area contributed by atoms with Crippen LogP contribution in [-0.4, -0.2) is 37.3 Å². The molecular formula is C20H26N6O4S2. The molecule has 1 amide bonds. The van der Waals surface area contributed by atoms with Crippen molar-refractivity contribution < 1.29 is 4.79 Å². The summed E-state index contributed by atoms with van der Waals surface area (Å²) in [6.07, 6.45) is 2.09. The van der Waals surface area contributed by atoms with Gasteiger partial charge in [-0.25, -0.2) is 9.78 Å². The van der Waals surface area contributed by atoms with E-state index in [0.29, 0.717) is 34.8 Å². The summed E-state index contributed by atoms with van der Waals surface area (Å²) < 4.78 is 2.68. The number of thiophene rings is 1. The Balaban J connectivity index is 1.94. The Morgan fingerprint density at radius 1 is 1.28 bits per heavy atom. The number of H-pyrrole nitrogens is 1. The van der Waals surface area contributed by atoms with Gasteiger partial charge in [-0.2, -0.15) is 0 Å². The van der Waals surface area contributed by atoms with E-state index >= 15 is 0 Å². The number of hydrogen-bond donors (Lipinski definition) is 2. The molecule has 0 bridgehead atoms. The van der Waals surface area contributed by atoms with E-state index in [9.17, 15) is 19.2 Å². The van der Waals surface area contributed by atoms with Crippen LogP contribution in [0.3, 0.4) is 0 Å². The van der Waals surface area contributed by atoms with Gasteiger partial charge < -0.3 is 10.6 Å². The van der Waals surface area contributed by atoms with Gasteiger partial charge in [-0.15, -0.1) is 11.3 Å². The summed E-state index contributed by atoms with van der Waals surface area (Å²) in [7, 11) is 1.61. The van der Waals surface area contributed by atoms with Gasteiger partial charge in [0.15, 0.2) is 10.8 Å². The number of hydrogen-bond acceptors (Lipinski definition) is 8. The first-order valence-electron chi connectivity index (χ1n) is 10.3. The van der Waals surface area contributed by atoms with E-state index < -0.39 is 11.2 Å². The zero-order valence-electron chi connectivity index (χ0n) is 18.2. The average molecular weight is 479 g/mol. The standard InChI is InChI=1S/C20H26N6O4S2/c1-4-6-9-25(14-15(21)26(8-5-2)19(30)22-16(14)28)13(27)11-32-20-23-17-12(7-10-31-17)18(29)24(20)3/h7,10H,4-6,8-9,11,21H2,1-3H3,(H,22,28,30). The Bertz CT molecular complexity index is 1310. The van der Waals surface area contributed by atoms with E-state index in [4.69, 9.17) is 5.73 Å². The maximum atomic E-state index is 13.2. The van der Waals surface area contributed by atoms with Crippen LogP contribution >= 0.6 is 23.1 Å². The number of thioether (sulfide) groups is 1. The molecule has 32 heavy (non-hydrogen) atoms. The van der Waals surface area contributed by atoms with Gasteiger partial charge in [0.2, 0.25) is 5.91 Å². The molecule has 3 aromatic rings. The van der Waals surface area contributed by atoms with Crippen molar-refractivity contribution in [1.29, 1.82) is 0 Å². The van der Waals surface area contributed by atoms with Gasteiger partial charge in [-0.05, 0) is 24.3 Å². The number of nitrogens with zero attached hydrogens (tertiary/aromatic N) is 4. The number of unbranched alkanes of at least 4 members (excludes halogenated alkanes) is 1. The molecule has 0 radical (unpaired) electrons. The number of carbonyl (C=O) groups excluding carboxylic acids is 1. The van der Waals surface area contributed by atoms with Crippen molar-refractivity contribution in [3.8, 4) is 0 Å². The molecule has 0 atom stereocenters. The minimum absolute atomic E-state index is 0.0207. The monoisotopic (exact) mass is 478 g/mol. The highest BCUT2D eigenvalue weighted by atomic mass is 32.2. The Morgan fingerprint density at radius 2 is 2.03 bits per heavy atom. The maximum Gasteiger partial charge on any atom is 0.330 e. The molecule has 0 saturated heterocycles. The lowest BCUT2D eigenvalue weighted by Gasteiger charge is -2.24. The van der Waals surface area contributed by atoms with E-state index in [1.54, 1.807) is 18.5 Å². The number of amides is 1. The first kappa shape index (κ1) is 23.8. The molecule has 3 rings (SSSR count). The lowest BCUT2D eigenvalue weighted by atomic mass is 10.2. The number of aromatic amines is 1. The SMILES string of the molecule is CCCCN(C(=O)CSc1nc2sccc2c(=O)n1C)c1c(N)n(CCC)c(=O)[nH]c1=O. The molecule has 0 saturated carbocycles. The third-order valence-electron chi connectivity index (χ3n) is 4.96. The molecular weight excluding hydrogens is 452 g/mol. The van der Waals surface area contributed by atoms with Crippen LogP contribution in [-0.2, 0) is 18.4 Å². The lowest BCUT2D eigenvalue weighted by molar-refractivity contribution is -0.116. The third kappa shape index (κ3) is 4.65. The average Bonchev–Trinajstić information content (AvgIpc) is 3.23. The van der Waals surface area contributed by atoms with E-state index in [1.165, 1.54) is 25.4 Å². The molecule has 0 aliphatic heterocycles. The number of nitrogens with two attached hydrogens (primary N) is 1. The molecule has 0 fully saturated rings. The molecule has 3 aromatic heterocycles. The van der Waals surface area contributed by atoms with Gasteiger partial charge in [-0.1, -0.05) is 32.0 Å². The normalized spacial score (nSPS) is 11.2. The molecule has 3 heterocycles. The Kier molecular flexibility index (Phi) is 7.56. The van der Waals surface area contributed by atoms with Gasteiger partial charge in [0.1, 0.15) is 10.6 Å². The van der Waals surface area contributed by atoms with Gasteiger partial charge in [-0.3, -0.25) is 28.5 Å². The summed E-state index contributed by atoms with van der Waals surface area (Å²) in [6, 6.07) is 1.72. The Labute approximate surface area is 192 Å². The quantitative estimate of drug-likeness (QED) is 0.353. The van der Waals surface area contributed by atoms with E-state index in [0.717, 1.165) is 18.2 Å². The second-order valence-corrected chi connectivity index (χ2v) is 9.07. The van der Waals surface area contributed by atoms with Crippen molar-refractivity contribution in [2.45, 2.75) is 44.8 Å². The molecule has 0 aliphatic rings. The summed E-state index contributed by atoms with van der Waals surface area (Å²) in [5.74, 6) is -0.435. The minimum atomic E-state index is -0.695. The molecule has 172 valence electrons. The van der Waals surface area contributed by atoms with Gasteiger partial charge in [0, 0.05) is 20.1 Å². The summed E-state index contributed by atoms with van der Waals surface area (Å²) in [5, 5.41) is 2.74. The van der Waals surface area contributed by atoms with Crippen molar-refractivity contribution in [3.05, 3.63) is 42.6 Å². The third-order valence-corrected chi connectivity index (χ3v) is 6.78. The topological polar surface area (TPSA) is 136 Å². The number of nitrogen functional groups attached to an aromatic ring is 1. The largest absolute Gasteiger partial charge is 0.383 e. The zero-order chi connectivity index (χ0) is 23.4. The summed E-state index contributed by atoms with van der Waals surface area (Å²) in [6.45, 7) is 4.46. The number of nitrogens with one attached hydrogen (secondary N) is 1. The van der Waals surface area contributed by atoms with Crippen LogP contribution in [0.2, 0.25) is 0 Å². The summed E-state index contributed by atoms with van der Waals surface area (Å²) in [5.41, 5.74) is 4.68. The number of rotatable bonds is 9. The van der Waals surface area contributed by atoms with Crippen LogP contribution in [0.1, 0.15) is 33.1 Å².